The minimum atomic E-state index is -2.78. The molecule has 0 radical (unpaired) electrons. The number of carbonyl (C=O) groups excluding carboxylic acids is 1. The van der Waals surface area contributed by atoms with Crippen molar-refractivity contribution in [1.29, 1.82) is 0 Å². The largest absolute Gasteiger partial charge is 0.399 e. The number of halogens is 2. The number of hydrogen-bond donors (Lipinski definition) is 1. The number of carbonyl (C=O) groups is 1. The number of hydrogen-bond acceptors (Lipinski definition) is 3. The number of anilines is 1. The lowest BCUT2D eigenvalue weighted by atomic mass is 9.90. The van der Waals surface area contributed by atoms with Crippen LogP contribution in [0.5, 0.6) is 0 Å². The Morgan fingerprint density at radius 3 is 2.64 bits per heavy atom. The third-order valence-corrected chi connectivity index (χ3v) is 4.37. The molecule has 2 N–H and O–H groups in total. The fourth-order valence-corrected chi connectivity index (χ4v) is 3.16. The summed E-state index contributed by atoms with van der Waals surface area (Å²) in [4.78, 5) is 13.6. The number of alkyl halides is 2. The van der Waals surface area contributed by atoms with E-state index in [0.29, 0.717) is 30.4 Å². The van der Waals surface area contributed by atoms with Crippen molar-refractivity contribution >= 4 is 11.6 Å². The van der Waals surface area contributed by atoms with E-state index in [1.165, 1.54) is 4.90 Å². The fourth-order valence-electron chi connectivity index (χ4n) is 3.16. The zero-order valence-electron chi connectivity index (χ0n) is 12.4. The number of benzene rings is 1. The third-order valence-electron chi connectivity index (χ3n) is 4.37. The van der Waals surface area contributed by atoms with Crippen LogP contribution in [0, 0.1) is 0 Å². The minimum Gasteiger partial charge on any atom is -0.399 e. The van der Waals surface area contributed by atoms with Gasteiger partial charge >= 0.3 is 0 Å². The molecule has 0 unspecified atom stereocenters. The van der Waals surface area contributed by atoms with Crippen molar-refractivity contribution in [3.63, 3.8) is 0 Å². The lowest BCUT2D eigenvalue weighted by molar-refractivity contribution is 0.0120. The number of likely N-dealkylation sites (tertiary alicyclic amines) is 1. The van der Waals surface area contributed by atoms with Crippen molar-refractivity contribution < 1.29 is 18.3 Å². The van der Waals surface area contributed by atoms with Crippen LogP contribution in [0.3, 0.4) is 0 Å². The monoisotopic (exact) mass is 310 g/mol. The molecule has 1 aromatic carbocycles. The average Bonchev–Trinajstić information content (AvgIpc) is 2.87. The summed E-state index contributed by atoms with van der Waals surface area (Å²) in [5.41, 5.74) is 7.80. The summed E-state index contributed by atoms with van der Waals surface area (Å²) in [7, 11) is 0. The Hall–Kier alpha value is -1.69. The fraction of sp³-hybridized carbons (Fsp3) is 0.562. The van der Waals surface area contributed by atoms with Gasteiger partial charge in [-0.15, -0.1) is 0 Å². The molecule has 2 heterocycles. The highest BCUT2D eigenvalue weighted by molar-refractivity contribution is 5.95. The van der Waals surface area contributed by atoms with Crippen LogP contribution in [0.25, 0.3) is 0 Å². The van der Waals surface area contributed by atoms with Gasteiger partial charge in [0.15, 0.2) is 0 Å². The van der Waals surface area contributed by atoms with E-state index < -0.39 is 12.5 Å². The SMILES string of the molecule is Nc1cc(C(=O)N2CCC(F)(F)C2)cc(C2CCOCC2)c1. The molecular formula is C16H20F2N2O2. The maximum atomic E-state index is 13.3. The summed E-state index contributed by atoms with van der Waals surface area (Å²) < 4.78 is 31.9. The first-order valence-corrected chi connectivity index (χ1v) is 7.60. The van der Waals surface area contributed by atoms with Crippen LogP contribution < -0.4 is 5.73 Å². The number of nitrogen functional groups attached to an aromatic ring is 1. The second-order valence-electron chi connectivity index (χ2n) is 6.11. The van der Waals surface area contributed by atoms with Gasteiger partial charge in [0.25, 0.3) is 11.8 Å². The van der Waals surface area contributed by atoms with Crippen LogP contribution in [0.2, 0.25) is 0 Å². The number of ether oxygens (including phenoxy) is 1. The molecule has 0 aliphatic carbocycles. The summed E-state index contributed by atoms with van der Waals surface area (Å²) in [5.74, 6) is -2.83. The summed E-state index contributed by atoms with van der Waals surface area (Å²) >= 11 is 0. The quantitative estimate of drug-likeness (QED) is 0.854. The molecule has 2 saturated heterocycles. The normalized spacial score (nSPS) is 22.0. The van der Waals surface area contributed by atoms with Gasteiger partial charge in [0, 0.05) is 37.4 Å². The van der Waals surface area contributed by atoms with E-state index in [2.05, 4.69) is 0 Å². The number of amides is 1. The Bertz CT molecular complexity index is 571. The molecule has 2 aliphatic heterocycles. The predicted octanol–water partition coefficient (Wildman–Crippen LogP) is 2.64. The molecule has 6 heteroatoms. The summed E-state index contributed by atoms with van der Waals surface area (Å²) in [5, 5.41) is 0. The van der Waals surface area contributed by atoms with Crippen LogP contribution in [-0.2, 0) is 4.74 Å². The van der Waals surface area contributed by atoms with Crippen molar-refractivity contribution in [1.82, 2.24) is 4.90 Å². The zero-order chi connectivity index (χ0) is 15.7. The van der Waals surface area contributed by atoms with Crippen molar-refractivity contribution in [2.45, 2.75) is 31.1 Å². The van der Waals surface area contributed by atoms with E-state index >= 15 is 0 Å². The Balaban J connectivity index is 1.81. The average molecular weight is 310 g/mol. The minimum absolute atomic E-state index is 0.0905. The van der Waals surface area contributed by atoms with Crippen LogP contribution >= 0.6 is 0 Å². The molecule has 4 nitrogen and oxygen atoms in total. The molecular weight excluding hydrogens is 290 g/mol. The van der Waals surface area contributed by atoms with Crippen molar-refractivity contribution in [3.05, 3.63) is 29.3 Å². The lowest BCUT2D eigenvalue weighted by Gasteiger charge is -2.24. The maximum absolute atomic E-state index is 13.3. The molecule has 3 rings (SSSR count). The number of nitrogens with two attached hydrogens (primary N) is 1. The molecule has 0 saturated carbocycles. The first kappa shape index (κ1) is 15.2. The van der Waals surface area contributed by atoms with Gasteiger partial charge < -0.3 is 15.4 Å². The van der Waals surface area contributed by atoms with Crippen LogP contribution in [0.1, 0.15) is 41.1 Å². The Morgan fingerprint density at radius 1 is 1.27 bits per heavy atom. The maximum Gasteiger partial charge on any atom is 0.267 e. The van der Waals surface area contributed by atoms with E-state index in [9.17, 15) is 13.6 Å². The summed E-state index contributed by atoms with van der Waals surface area (Å²) in [6.07, 6.45) is 1.51. The topological polar surface area (TPSA) is 55.6 Å². The molecule has 22 heavy (non-hydrogen) atoms. The smallest absolute Gasteiger partial charge is 0.267 e. The van der Waals surface area contributed by atoms with Gasteiger partial charge in [0.05, 0.1) is 6.54 Å². The highest BCUT2D eigenvalue weighted by Crippen LogP contribution is 2.31. The number of nitrogens with zero attached hydrogens (tertiary/aromatic N) is 1. The molecule has 2 aliphatic rings. The molecule has 2 fully saturated rings. The molecule has 0 spiro atoms. The predicted molar refractivity (Wildman–Crippen MR) is 79.1 cm³/mol. The molecule has 0 bridgehead atoms. The summed E-state index contributed by atoms with van der Waals surface area (Å²) in [6, 6.07) is 5.23. The van der Waals surface area contributed by atoms with E-state index in [1.54, 1.807) is 12.1 Å². The van der Waals surface area contributed by atoms with Gasteiger partial charge in [-0.2, -0.15) is 0 Å². The Kier molecular flexibility index (Phi) is 4.04. The van der Waals surface area contributed by atoms with E-state index in [4.69, 9.17) is 10.5 Å². The first-order chi connectivity index (χ1) is 10.4. The lowest BCUT2D eigenvalue weighted by Crippen LogP contribution is -2.31. The molecule has 1 aromatic rings. The third kappa shape index (κ3) is 3.21. The Labute approximate surface area is 128 Å². The zero-order valence-corrected chi connectivity index (χ0v) is 12.4. The van der Waals surface area contributed by atoms with Crippen molar-refractivity contribution in [2.75, 3.05) is 32.0 Å². The van der Waals surface area contributed by atoms with Gasteiger partial charge in [-0.1, -0.05) is 0 Å². The molecule has 0 atom stereocenters. The van der Waals surface area contributed by atoms with Crippen LogP contribution in [-0.4, -0.2) is 43.0 Å². The van der Waals surface area contributed by atoms with Crippen molar-refractivity contribution in [2.24, 2.45) is 0 Å². The van der Waals surface area contributed by atoms with E-state index in [1.807, 2.05) is 6.07 Å². The highest BCUT2D eigenvalue weighted by Gasteiger charge is 2.40. The van der Waals surface area contributed by atoms with Gasteiger partial charge in [-0.3, -0.25) is 4.79 Å². The second kappa shape index (κ2) is 5.83. The highest BCUT2D eigenvalue weighted by atomic mass is 19.3. The van der Waals surface area contributed by atoms with E-state index in [0.717, 1.165) is 18.4 Å². The van der Waals surface area contributed by atoms with Crippen molar-refractivity contribution in [3.8, 4) is 0 Å². The van der Waals surface area contributed by atoms with Gasteiger partial charge in [0.1, 0.15) is 0 Å². The second-order valence-corrected chi connectivity index (χ2v) is 6.11. The number of rotatable bonds is 2. The first-order valence-electron chi connectivity index (χ1n) is 7.60. The molecule has 0 aromatic heterocycles. The van der Waals surface area contributed by atoms with Crippen LogP contribution in [0.15, 0.2) is 18.2 Å². The van der Waals surface area contributed by atoms with Gasteiger partial charge in [0.2, 0.25) is 0 Å². The summed E-state index contributed by atoms with van der Waals surface area (Å²) in [6.45, 7) is 0.975. The molecule has 1 amide bonds. The Morgan fingerprint density at radius 2 is 2.00 bits per heavy atom. The standard InChI is InChI=1S/C16H20F2N2O2/c17-16(18)3-4-20(10-16)15(21)13-7-12(8-14(19)9-13)11-1-5-22-6-2-11/h7-9,11H,1-6,10,19H2. The van der Waals surface area contributed by atoms with Gasteiger partial charge in [-0.25, -0.2) is 8.78 Å². The van der Waals surface area contributed by atoms with Crippen LogP contribution in [0.4, 0.5) is 14.5 Å². The van der Waals surface area contributed by atoms with E-state index in [-0.39, 0.29) is 18.9 Å². The van der Waals surface area contributed by atoms with Gasteiger partial charge in [-0.05, 0) is 42.5 Å². The molecule has 120 valence electrons.